The van der Waals surface area contributed by atoms with Crippen LogP contribution in [0.1, 0.15) is 19.8 Å². The van der Waals surface area contributed by atoms with Gasteiger partial charge in [-0.15, -0.1) is 21.5 Å². The number of amides is 1. The Bertz CT molecular complexity index is 748. The highest BCUT2D eigenvalue weighted by atomic mass is 35.5. The summed E-state index contributed by atoms with van der Waals surface area (Å²) in [6, 6.07) is 1.57. The third-order valence-electron chi connectivity index (χ3n) is 2.78. The largest absolute Gasteiger partial charge is 0.355 e. The van der Waals surface area contributed by atoms with E-state index in [4.69, 9.17) is 23.2 Å². The number of aromatic amines is 1. The van der Waals surface area contributed by atoms with Gasteiger partial charge in [0.25, 0.3) is 5.56 Å². The summed E-state index contributed by atoms with van der Waals surface area (Å²) >= 11 is 14.1. The van der Waals surface area contributed by atoms with E-state index in [1.54, 1.807) is 6.07 Å². The number of hydrogen-bond acceptors (Lipinski definition) is 6. The average Bonchev–Trinajstić information content (AvgIpc) is 2.84. The van der Waals surface area contributed by atoms with Crippen molar-refractivity contribution in [1.29, 1.82) is 0 Å². The van der Waals surface area contributed by atoms with Gasteiger partial charge in [0.15, 0.2) is 10.9 Å². The van der Waals surface area contributed by atoms with Gasteiger partial charge in [-0.05, 0) is 12.5 Å². The van der Waals surface area contributed by atoms with Crippen molar-refractivity contribution < 1.29 is 4.79 Å². The van der Waals surface area contributed by atoms with Crippen molar-refractivity contribution in [3.8, 4) is 11.3 Å². The molecule has 1 amide bonds. The summed E-state index contributed by atoms with van der Waals surface area (Å²) in [4.78, 5) is 26.3. The van der Waals surface area contributed by atoms with E-state index in [1.165, 1.54) is 0 Å². The highest BCUT2D eigenvalue weighted by Crippen LogP contribution is 2.35. The highest BCUT2D eigenvalue weighted by Gasteiger charge is 2.15. The molecule has 0 aliphatic carbocycles. The molecule has 2 rings (SSSR count). The minimum Gasteiger partial charge on any atom is -0.355 e. The Balaban J connectivity index is 2.01. The summed E-state index contributed by atoms with van der Waals surface area (Å²) in [7, 11) is 0. The molecule has 0 saturated heterocycles. The number of hydrogen-bond donors (Lipinski definition) is 2. The molecule has 0 fully saturated rings. The topological polar surface area (TPSA) is 87.7 Å². The summed E-state index contributed by atoms with van der Waals surface area (Å²) < 4.78 is 0.846. The Kier molecular flexibility index (Phi) is 6.88. The fourth-order valence-corrected chi connectivity index (χ4v) is 3.75. The van der Waals surface area contributed by atoms with Crippen LogP contribution in [0.5, 0.6) is 0 Å². The number of H-pyrrole nitrogens is 1. The molecule has 0 aromatic carbocycles. The standard InChI is InChI=1S/C13H14Cl2N4O2S2/c1-2-3-4-16-9(20)6-22-13-17-12(21)10(18-19-13)7-5-8(14)23-11(7)15/h5H,2-4,6H2,1H3,(H,16,20)(H,17,19,21). The van der Waals surface area contributed by atoms with Crippen LogP contribution in [0.4, 0.5) is 0 Å². The van der Waals surface area contributed by atoms with E-state index in [2.05, 4.69) is 27.4 Å². The molecule has 0 aliphatic rings. The van der Waals surface area contributed by atoms with Crippen LogP contribution in [0, 0.1) is 0 Å². The van der Waals surface area contributed by atoms with Crippen LogP contribution in [0.3, 0.4) is 0 Å². The van der Waals surface area contributed by atoms with Gasteiger partial charge in [0.2, 0.25) is 5.91 Å². The number of nitrogens with one attached hydrogen (secondary N) is 2. The maximum absolute atomic E-state index is 12.1. The van der Waals surface area contributed by atoms with Crippen molar-refractivity contribution >= 4 is 52.2 Å². The first-order valence-electron chi connectivity index (χ1n) is 6.83. The predicted octanol–water partition coefficient (Wildman–Crippen LogP) is 3.21. The molecule has 0 spiro atoms. The molecule has 124 valence electrons. The lowest BCUT2D eigenvalue weighted by Crippen LogP contribution is -2.26. The summed E-state index contributed by atoms with van der Waals surface area (Å²) in [6.45, 7) is 2.70. The zero-order valence-electron chi connectivity index (χ0n) is 12.2. The molecule has 6 nitrogen and oxygen atoms in total. The van der Waals surface area contributed by atoms with E-state index in [9.17, 15) is 9.59 Å². The number of halogens is 2. The Morgan fingerprint density at radius 2 is 2.22 bits per heavy atom. The molecule has 2 heterocycles. The maximum Gasteiger partial charge on any atom is 0.278 e. The third-order valence-corrected chi connectivity index (χ3v) is 5.13. The number of unbranched alkanes of at least 4 members (excludes halogenated alkanes) is 1. The summed E-state index contributed by atoms with van der Waals surface area (Å²) in [5.74, 6) is 0.0569. The lowest BCUT2D eigenvalue weighted by atomic mass is 10.2. The summed E-state index contributed by atoms with van der Waals surface area (Å²) in [5, 5.41) is 10.9. The van der Waals surface area contributed by atoms with Gasteiger partial charge in [-0.2, -0.15) is 0 Å². The first kappa shape index (κ1) is 18.3. The zero-order chi connectivity index (χ0) is 16.8. The maximum atomic E-state index is 12.1. The van der Waals surface area contributed by atoms with Gasteiger partial charge in [0, 0.05) is 12.1 Å². The Morgan fingerprint density at radius 1 is 1.43 bits per heavy atom. The van der Waals surface area contributed by atoms with Crippen LogP contribution < -0.4 is 10.9 Å². The average molecular weight is 393 g/mol. The summed E-state index contributed by atoms with van der Waals surface area (Å²) in [6.07, 6.45) is 1.95. The van der Waals surface area contributed by atoms with E-state index in [0.717, 1.165) is 35.9 Å². The molecule has 2 N–H and O–H groups in total. The Morgan fingerprint density at radius 3 is 2.83 bits per heavy atom. The molecular weight excluding hydrogens is 379 g/mol. The number of carbonyl (C=O) groups excluding carboxylic acids is 1. The van der Waals surface area contributed by atoms with Crippen molar-refractivity contribution in [2.45, 2.75) is 24.9 Å². The quantitative estimate of drug-likeness (QED) is 0.557. The highest BCUT2D eigenvalue weighted by molar-refractivity contribution is 7.99. The minimum absolute atomic E-state index is 0.106. The molecule has 0 unspecified atom stereocenters. The predicted molar refractivity (Wildman–Crippen MR) is 94.6 cm³/mol. The van der Waals surface area contributed by atoms with Gasteiger partial charge in [0.05, 0.1) is 10.1 Å². The van der Waals surface area contributed by atoms with Crippen LogP contribution in [-0.4, -0.2) is 33.4 Å². The number of thioether (sulfide) groups is 1. The SMILES string of the molecule is CCCCNC(=O)CSc1nnc(-c2cc(Cl)sc2Cl)c(=O)[nH]1. The van der Waals surface area contributed by atoms with Gasteiger partial charge in [-0.3, -0.25) is 14.6 Å². The first-order valence-corrected chi connectivity index (χ1v) is 9.38. The van der Waals surface area contributed by atoms with Crippen molar-refractivity contribution in [1.82, 2.24) is 20.5 Å². The molecule has 0 aliphatic heterocycles. The van der Waals surface area contributed by atoms with Crippen LogP contribution in [0.2, 0.25) is 8.67 Å². The molecule has 0 saturated carbocycles. The van der Waals surface area contributed by atoms with Crippen LogP contribution in [0.25, 0.3) is 11.3 Å². The van der Waals surface area contributed by atoms with Crippen LogP contribution in [-0.2, 0) is 4.79 Å². The van der Waals surface area contributed by atoms with Crippen molar-refractivity contribution in [3.05, 3.63) is 25.1 Å². The number of aromatic nitrogens is 3. The van der Waals surface area contributed by atoms with E-state index in [-0.39, 0.29) is 22.5 Å². The molecule has 0 radical (unpaired) electrons. The molecule has 23 heavy (non-hydrogen) atoms. The first-order chi connectivity index (χ1) is 11.0. The van der Waals surface area contributed by atoms with Crippen LogP contribution >= 0.6 is 46.3 Å². The second kappa shape index (κ2) is 8.68. The molecule has 2 aromatic rings. The van der Waals surface area contributed by atoms with Gasteiger partial charge in [-0.25, -0.2) is 0 Å². The number of thiophene rings is 1. The van der Waals surface area contributed by atoms with E-state index in [1.807, 2.05) is 0 Å². The fraction of sp³-hybridized carbons (Fsp3) is 0.385. The molecule has 2 aromatic heterocycles. The van der Waals surface area contributed by atoms with Crippen LogP contribution in [0.15, 0.2) is 16.0 Å². The van der Waals surface area contributed by atoms with Gasteiger partial charge >= 0.3 is 0 Å². The van der Waals surface area contributed by atoms with Gasteiger partial charge in [0.1, 0.15) is 4.34 Å². The molecular formula is C13H14Cl2N4O2S2. The number of carbonyl (C=O) groups is 1. The van der Waals surface area contributed by atoms with Crippen molar-refractivity contribution in [2.75, 3.05) is 12.3 Å². The molecule has 0 bridgehead atoms. The number of nitrogens with zero attached hydrogens (tertiary/aromatic N) is 2. The van der Waals surface area contributed by atoms with Gasteiger partial charge in [-0.1, -0.05) is 48.3 Å². The van der Waals surface area contributed by atoms with E-state index >= 15 is 0 Å². The Hall–Kier alpha value is -1.09. The van der Waals surface area contributed by atoms with Gasteiger partial charge < -0.3 is 5.32 Å². The van der Waals surface area contributed by atoms with Crippen molar-refractivity contribution in [3.63, 3.8) is 0 Å². The lowest BCUT2D eigenvalue weighted by molar-refractivity contribution is -0.118. The smallest absolute Gasteiger partial charge is 0.278 e. The third kappa shape index (κ3) is 5.20. The molecule has 10 heteroatoms. The molecule has 0 atom stereocenters. The minimum atomic E-state index is -0.426. The fourth-order valence-electron chi connectivity index (χ4n) is 1.65. The number of rotatable bonds is 7. The zero-order valence-corrected chi connectivity index (χ0v) is 15.3. The Labute approximate surface area is 151 Å². The van der Waals surface area contributed by atoms with E-state index in [0.29, 0.717) is 20.8 Å². The van der Waals surface area contributed by atoms with Crippen molar-refractivity contribution in [2.24, 2.45) is 0 Å². The second-order valence-corrected chi connectivity index (χ2v) is 7.79. The monoisotopic (exact) mass is 392 g/mol. The van der Waals surface area contributed by atoms with E-state index < -0.39 is 5.56 Å². The summed E-state index contributed by atoms with van der Waals surface area (Å²) in [5.41, 5.74) is 0.129. The lowest BCUT2D eigenvalue weighted by Gasteiger charge is -2.03. The second-order valence-electron chi connectivity index (χ2n) is 4.54. The normalized spacial score (nSPS) is 10.7.